The van der Waals surface area contributed by atoms with Gasteiger partial charge in [-0.1, -0.05) is 15.9 Å². The van der Waals surface area contributed by atoms with Gasteiger partial charge in [0.1, 0.15) is 0 Å². The highest BCUT2D eigenvalue weighted by atomic mass is 127. The molecule has 0 saturated carbocycles. The van der Waals surface area contributed by atoms with Crippen molar-refractivity contribution in [3.8, 4) is 0 Å². The summed E-state index contributed by atoms with van der Waals surface area (Å²) in [4.78, 5) is 0. The maximum absolute atomic E-state index is 3.41. The second kappa shape index (κ2) is 3.76. The smallest absolute Gasteiger partial charge is 0.0319 e. The van der Waals surface area contributed by atoms with E-state index in [2.05, 4.69) is 62.3 Å². The topological polar surface area (TPSA) is 4.93 Å². The summed E-state index contributed by atoms with van der Waals surface area (Å²) in [7, 11) is 0. The van der Waals surface area contributed by atoms with E-state index in [1.165, 1.54) is 9.26 Å². The van der Waals surface area contributed by atoms with Gasteiger partial charge in [0.25, 0.3) is 0 Å². The van der Waals surface area contributed by atoms with E-state index in [0.29, 0.717) is 0 Å². The fraction of sp³-hybridized carbons (Fsp3) is 0.429. The highest BCUT2D eigenvalue weighted by Gasteiger charge is 1.96. The zero-order valence-corrected chi connectivity index (χ0v) is 9.52. The number of hydrogen-bond acceptors (Lipinski definition) is 0. The van der Waals surface area contributed by atoms with Crippen molar-refractivity contribution in [2.75, 3.05) is 5.33 Å². The zero-order chi connectivity index (χ0) is 7.56. The third-order valence-corrected chi connectivity index (χ3v) is 2.35. The predicted molar refractivity (Wildman–Crippen MR) is 55.7 cm³/mol. The Bertz CT molecular complexity index is 219. The van der Waals surface area contributed by atoms with Crippen molar-refractivity contribution in [1.29, 1.82) is 0 Å². The van der Waals surface area contributed by atoms with Gasteiger partial charge in [0.05, 0.1) is 0 Å². The molecule has 0 radical (unpaired) electrons. The third kappa shape index (κ3) is 1.99. The molecule has 10 heavy (non-hydrogen) atoms. The molecule has 0 spiro atoms. The van der Waals surface area contributed by atoms with Gasteiger partial charge >= 0.3 is 0 Å². The predicted octanol–water partition coefficient (Wildman–Crippen LogP) is 2.80. The van der Waals surface area contributed by atoms with Crippen LogP contribution in [0.4, 0.5) is 0 Å². The normalized spacial score (nSPS) is 10.3. The molecule has 0 N–H and O–H groups in total. The Hall–Kier alpha value is 0.490. The summed E-state index contributed by atoms with van der Waals surface area (Å²) in [5.41, 5.74) is 1.34. The number of nitrogens with zero attached hydrogens (tertiary/aromatic N) is 1. The SMILES string of the molecule is Cc1cc(I)cn1CCBr. The van der Waals surface area contributed by atoms with E-state index in [-0.39, 0.29) is 0 Å². The Morgan fingerprint density at radius 3 is 2.80 bits per heavy atom. The second-order valence-electron chi connectivity index (χ2n) is 2.18. The molecule has 1 nitrogen and oxygen atoms in total. The first-order valence-electron chi connectivity index (χ1n) is 3.12. The Morgan fingerprint density at radius 1 is 1.70 bits per heavy atom. The van der Waals surface area contributed by atoms with Gasteiger partial charge in [-0.25, -0.2) is 0 Å². The van der Waals surface area contributed by atoms with Gasteiger partial charge in [-0.15, -0.1) is 0 Å². The minimum Gasteiger partial charge on any atom is -0.350 e. The average Bonchev–Trinajstić information content (AvgIpc) is 2.13. The molecule has 0 aliphatic rings. The van der Waals surface area contributed by atoms with Crippen molar-refractivity contribution in [2.45, 2.75) is 13.5 Å². The number of alkyl halides is 1. The van der Waals surface area contributed by atoms with E-state index in [9.17, 15) is 0 Å². The van der Waals surface area contributed by atoms with Crippen molar-refractivity contribution in [1.82, 2.24) is 4.57 Å². The van der Waals surface area contributed by atoms with Crippen molar-refractivity contribution in [3.63, 3.8) is 0 Å². The molecule has 1 aromatic heterocycles. The largest absolute Gasteiger partial charge is 0.350 e. The van der Waals surface area contributed by atoms with Crippen LogP contribution in [0, 0.1) is 10.5 Å². The Labute approximate surface area is 83.1 Å². The van der Waals surface area contributed by atoms with Crippen LogP contribution in [-0.4, -0.2) is 9.90 Å². The van der Waals surface area contributed by atoms with Gasteiger partial charge < -0.3 is 4.57 Å². The minimum atomic E-state index is 1.03. The van der Waals surface area contributed by atoms with Gasteiger partial charge in [0, 0.05) is 27.3 Å². The second-order valence-corrected chi connectivity index (χ2v) is 4.22. The van der Waals surface area contributed by atoms with Gasteiger partial charge in [0.2, 0.25) is 0 Å². The van der Waals surface area contributed by atoms with Crippen LogP contribution in [0.15, 0.2) is 12.3 Å². The molecule has 1 rings (SSSR count). The fourth-order valence-electron chi connectivity index (χ4n) is 0.902. The van der Waals surface area contributed by atoms with E-state index in [4.69, 9.17) is 0 Å². The molecule has 0 aromatic carbocycles. The highest BCUT2D eigenvalue weighted by Crippen LogP contribution is 2.09. The molecule has 0 bridgehead atoms. The lowest BCUT2D eigenvalue weighted by Crippen LogP contribution is -1.98. The van der Waals surface area contributed by atoms with E-state index in [0.717, 1.165) is 11.9 Å². The molecule has 0 atom stereocenters. The summed E-state index contributed by atoms with van der Waals surface area (Å²) < 4.78 is 3.56. The summed E-state index contributed by atoms with van der Waals surface area (Å²) in [6.07, 6.45) is 2.16. The van der Waals surface area contributed by atoms with Gasteiger partial charge in [0.15, 0.2) is 0 Å². The minimum absolute atomic E-state index is 1.03. The van der Waals surface area contributed by atoms with E-state index >= 15 is 0 Å². The average molecular weight is 314 g/mol. The molecule has 0 aliphatic carbocycles. The van der Waals surface area contributed by atoms with Crippen molar-refractivity contribution in [3.05, 3.63) is 21.5 Å². The molecular formula is C7H9BrIN. The first-order valence-corrected chi connectivity index (χ1v) is 5.32. The van der Waals surface area contributed by atoms with E-state index in [1.807, 2.05) is 0 Å². The quantitative estimate of drug-likeness (QED) is 0.584. The lowest BCUT2D eigenvalue weighted by atomic mass is 10.5. The van der Waals surface area contributed by atoms with Crippen LogP contribution in [0.3, 0.4) is 0 Å². The molecule has 0 amide bonds. The molecule has 0 aliphatic heterocycles. The maximum Gasteiger partial charge on any atom is 0.0319 e. The third-order valence-electron chi connectivity index (χ3n) is 1.40. The van der Waals surface area contributed by atoms with Gasteiger partial charge in [-0.2, -0.15) is 0 Å². The summed E-state index contributed by atoms with van der Waals surface area (Å²) in [5.74, 6) is 0. The highest BCUT2D eigenvalue weighted by molar-refractivity contribution is 14.1. The molecule has 56 valence electrons. The van der Waals surface area contributed by atoms with Crippen LogP contribution in [0.1, 0.15) is 5.69 Å². The van der Waals surface area contributed by atoms with Crippen LogP contribution in [0.2, 0.25) is 0 Å². The number of aromatic nitrogens is 1. The summed E-state index contributed by atoms with van der Waals surface area (Å²) in [5, 5.41) is 1.03. The summed E-state index contributed by atoms with van der Waals surface area (Å²) in [6.45, 7) is 3.19. The van der Waals surface area contributed by atoms with Crippen LogP contribution in [0.25, 0.3) is 0 Å². The summed E-state index contributed by atoms with van der Waals surface area (Å²) >= 11 is 5.74. The van der Waals surface area contributed by atoms with Crippen LogP contribution in [-0.2, 0) is 6.54 Å². The lowest BCUT2D eigenvalue weighted by molar-refractivity contribution is 0.754. The Kier molecular flexibility index (Phi) is 3.23. The molecule has 3 heteroatoms. The van der Waals surface area contributed by atoms with Crippen LogP contribution >= 0.6 is 38.5 Å². The molecule has 0 fully saturated rings. The first kappa shape index (κ1) is 8.59. The van der Waals surface area contributed by atoms with Crippen LogP contribution < -0.4 is 0 Å². The van der Waals surface area contributed by atoms with Crippen molar-refractivity contribution >= 4 is 38.5 Å². The van der Waals surface area contributed by atoms with Crippen molar-refractivity contribution < 1.29 is 0 Å². The zero-order valence-electron chi connectivity index (χ0n) is 5.77. The Morgan fingerprint density at radius 2 is 2.40 bits per heavy atom. The summed E-state index contributed by atoms with van der Waals surface area (Å²) in [6, 6.07) is 2.18. The van der Waals surface area contributed by atoms with Gasteiger partial charge in [-0.05, 0) is 35.6 Å². The van der Waals surface area contributed by atoms with E-state index in [1.54, 1.807) is 0 Å². The van der Waals surface area contributed by atoms with Crippen molar-refractivity contribution in [2.24, 2.45) is 0 Å². The monoisotopic (exact) mass is 313 g/mol. The maximum atomic E-state index is 3.41. The van der Waals surface area contributed by atoms with Gasteiger partial charge in [-0.3, -0.25) is 0 Å². The first-order chi connectivity index (χ1) is 4.74. The lowest BCUT2D eigenvalue weighted by Gasteiger charge is -2.00. The van der Waals surface area contributed by atoms with E-state index < -0.39 is 0 Å². The standard InChI is InChI=1S/C7H9BrIN/c1-6-4-7(9)5-10(6)3-2-8/h4-5H,2-3H2,1H3. The Balaban J connectivity index is 2.81. The number of aryl methyl sites for hydroxylation is 2. The number of rotatable bonds is 2. The molecular weight excluding hydrogens is 305 g/mol. The number of halogens is 2. The molecule has 1 heterocycles. The molecule has 0 saturated heterocycles. The van der Waals surface area contributed by atoms with Crippen LogP contribution in [0.5, 0.6) is 0 Å². The molecule has 1 aromatic rings. The number of hydrogen-bond donors (Lipinski definition) is 0. The fourth-order valence-corrected chi connectivity index (χ4v) is 2.07. The molecule has 0 unspecified atom stereocenters.